The summed E-state index contributed by atoms with van der Waals surface area (Å²) in [6, 6.07) is 77.9. The van der Waals surface area contributed by atoms with Gasteiger partial charge in [0.2, 0.25) is 0 Å². The normalized spacial score (nSPS) is 12.1. The van der Waals surface area contributed by atoms with Gasteiger partial charge < -0.3 is 8.98 Å². The van der Waals surface area contributed by atoms with Gasteiger partial charge in [-0.2, -0.15) is 0 Å². The zero-order valence-corrected chi connectivity index (χ0v) is 37.7. The summed E-state index contributed by atoms with van der Waals surface area (Å²) in [6.07, 6.45) is 0. The number of furan rings is 1. The van der Waals surface area contributed by atoms with Crippen molar-refractivity contribution in [1.29, 1.82) is 0 Å². The van der Waals surface area contributed by atoms with Gasteiger partial charge in [0.15, 0.2) is 23.1 Å². The first kappa shape index (κ1) is 38.2. The van der Waals surface area contributed by atoms with Crippen LogP contribution in [0.3, 0.4) is 0 Å². The largest absolute Gasteiger partial charge is 0.454 e. The van der Waals surface area contributed by atoms with Crippen molar-refractivity contribution in [3.63, 3.8) is 0 Å². The van der Waals surface area contributed by atoms with Gasteiger partial charge in [0, 0.05) is 58.4 Å². The molecule has 15 aromatic rings. The van der Waals surface area contributed by atoms with E-state index in [-0.39, 0.29) is 0 Å². The van der Waals surface area contributed by atoms with Crippen LogP contribution >= 0.6 is 11.3 Å². The molecule has 5 nitrogen and oxygen atoms in total. The first-order chi connectivity index (χ1) is 34.2. The molecule has 0 aliphatic heterocycles. The van der Waals surface area contributed by atoms with Crippen molar-refractivity contribution in [2.45, 2.75) is 0 Å². The molecule has 0 amide bonds. The van der Waals surface area contributed by atoms with Crippen LogP contribution in [0.1, 0.15) is 0 Å². The summed E-state index contributed by atoms with van der Waals surface area (Å²) in [7, 11) is 0. The Bertz CT molecular complexity index is 4600. The van der Waals surface area contributed by atoms with Gasteiger partial charge in [-0.3, -0.25) is 0 Å². The highest BCUT2D eigenvalue weighted by Crippen LogP contribution is 2.47. The minimum atomic E-state index is 0.555. The molecule has 0 aliphatic carbocycles. The van der Waals surface area contributed by atoms with Gasteiger partial charge >= 0.3 is 0 Å². The predicted octanol–water partition coefficient (Wildman–Crippen LogP) is 17.4. The fourth-order valence-electron chi connectivity index (χ4n) is 10.8. The van der Waals surface area contributed by atoms with Crippen LogP contribution in [0.15, 0.2) is 223 Å². The summed E-state index contributed by atoms with van der Waals surface area (Å²) in [5, 5.41) is 13.9. The summed E-state index contributed by atoms with van der Waals surface area (Å²) in [4.78, 5) is 16.4. The van der Waals surface area contributed by atoms with Crippen LogP contribution in [0.4, 0.5) is 0 Å². The van der Waals surface area contributed by atoms with E-state index in [0.29, 0.717) is 17.5 Å². The molecule has 0 saturated heterocycles. The SMILES string of the molecule is c1ccc(-c2ccc(-c3nc(-c4ccc5c(oc6ccc7ccccc7c65)c4-n4c5cc6ccccc6cc5c5c6ccccc6ccc54)nc(-c4cccc5c4sc4ccccc45)n3)cc2)cc1. The third kappa shape index (κ3) is 5.79. The molecular formula is C63H36N4OS. The van der Waals surface area contributed by atoms with Crippen molar-refractivity contribution in [3.8, 4) is 51.0 Å². The fourth-order valence-corrected chi connectivity index (χ4v) is 12.0. The van der Waals surface area contributed by atoms with Crippen LogP contribution in [0.25, 0.3) is 147 Å². The topological polar surface area (TPSA) is 56.7 Å². The highest BCUT2D eigenvalue weighted by atomic mass is 32.1. The van der Waals surface area contributed by atoms with Crippen molar-refractivity contribution in [2.75, 3.05) is 0 Å². The first-order valence-corrected chi connectivity index (χ1v) is 24.1. The van der Waals surface area contributed by atoms with Gasteiger partial charge in [0.25, 0.3) is 0 Å². The average molecular weight is 897 g/mol. The number of benzene rings is 11. The van der Waals surface area contributed by atoms with Crippen LogP contribution in [-0.2, 0) is 0 Å². The second-order valence-electron chi connectivity index (χ2n) is 17.9. The summed E-state index contributed by atoms with van der Waals surface area (Å²) in [5.41, 5.74) is 9.58. The Morgan fingerprint density at radius 3 is 1.77 bits per heavy atom. The molecule has 4 aromatic heterocycles. The number of thiophene rings is 1. The van der Waals surface area contributed by atoms with Crippen molar-refractivity contribution < 1.29 is 4.42 Å². The molecule has 15 rings (SSSR count). The Morgan fingerprint density at radius 1 is 0.362 bits per heavy atom. The Morgan fingerprint density at radius 2 is 0.971 bits per heavy atom. The first-order valence-electron chi connectivity index (χ1n) is 23.3. The highest BCUT2D eigenvalue weighted by Gasteiger charge is 2.26. The maximum Gasteiger partial charge on any atom is 0.166 e. The van der Waals surface area contributed by atoms with Crippen molar-refractivity contribution in [3.05, 3.63) is 218 Å². The summed E-state index contributed by atoms with van der Waals surface area (Å²) < 4.78 is 12.0. The monoisotopic (exact) mass is 896 g/mol. The van der Waals surface area contributed by atoms with Crippen LogP contribution in [-0.4, -0.2) is 19.5 Å². The number of hydrogen-bond donors (Lipinski definition) is 0. The minimum absolute atomic E-state index is 0.555. The van der Waals surface area contributed by atoms with Crippen LogP contribution in [0.2, 0.25) is 0 Å². The molecule has 320 valence electrons. The lowest BCUT2D eigenvalue weighted by atomic mass is 10.0. The molecule has 4 heterocycles. The number of fused-ring (bicyclic) bond motifs is 14. The fraction of sp³-hybridized carbons (Fsp3) is 0. The molecule has 0 saturated carbocycles. The number of aromatic nitrogens is 4. The second kappa shape index (κ2) is 14.8. The summed E-state index contributed by atoms with van der Waals surface area (Å²) >= 11 is 1.78. The molecule has 0 radical (unpaired) electrons. The Kier molecular flexibility index (Phi) is 8.17. The molecule has 0 spiro atoms. The Labute approximate surface area is 398 Å². The lowest BCUT2D eigenvalue weighted by molar-refractivity contribution is 0.667. The number of rotatable bonds is 5. The quantitative estimate of drug-likeness (QED) is 0.173. The van der Waals surface area contributed by atoms with Crippen LogP contribution in [0.5, 0.6) is 0 Å². The molecule has 0 atom stereocenters. The maximum absolute atomic E-state index is 7.24. The molecule has 0 unspecified atom stereocenters. The van der Waals surface area contributed by atoms with Gasteiger partial charge in [-0.05, 0) is 92.0 Å². The number of nitrogens with zero attached hydrogens (tertiary/aromatic N) is 4. The van der Waals surface area contributed by atoms with E-state index in [1.807, 2.05) is 6.07 Å². The van der Waals surface area contributed by atoms with E-state index in [1.54, 1.807) is 11.3 Å². The lowest BCUT2D eigenvalue weighted by Gasteiger charge is -2.16. The van der Waals surface area contributed by atoms with E-state index in [0.717, 1.165) is 92.7 Å². The van der Waals surface area contributed by atoms with Gasteiger partial charge in [0.05, 0.1) is 11.0 Å². The molecule has 0 fully saturated rings. The maximum atomic E-state index is 7.24. The predicted molar refractivity (Wildman–Crippen MR) is 289 cm³/mol. The third-order valence-corrected chi connectivity index (χ3v) is 15.2. The lowest BCUT2D eigenvalue weighted by Crippen LogP contribution is -2.04. The van der Waals surface area contributed by atoms with Crippen molar-refractivity contribution in [1.82, 2.24) is 19.5 Å². The van der Waals surface area contributed by atoms with E-state index in [1.165, 1.54) is 37.0 Å². The van der Waals surface area contributed by atoms with Crippen molar-refractivity contribution in [2.24, 2.45) is 0 Å². The van der Waals surface area contributed by atoms with Gasteiger partial charge in [-0.25, -0.2) is 15.0 Å². The molecule has 0 N–H and O–H groups in total. The molecule has 0 bridgehead atoms. The minimum Gasteiger partial charge on any atom is -0.454 e. The van der Waals surface area contributed by atoms with Crippen LogP contribution < -0.4 is 0 Å². The van der Waals surface area contributed by atoms with Gasteiger partial charge in [0.1, 0.15) is 11.3 Å². The molecule has 69 heavy (non-hydrogen) atoms. The van der Waals surface area contributed by atoms with Gasteiger partial charge in [-0.15, -0.1) is 11.3 Å². The molecule has 0 aliphatic rings. The second-order valence-corrected chi connectivity index (χ2v) is 18.9. The van der Waals surface area contributed by atoms with Crippen LogP contribution in [0, 0.1) is 0 Å². The zero-order valence-electron chi connectivity index (χ0n) is 36.9. The van der Waals surface area contributed by atoms with E-state index in [2.05, 4.69) is 217 Å². The summed E-state index contributed by atoms with van der Waals surface area (Å²) in [5.74, 6) is 1.76. The Hall–Kier alpha value is -8.97. The number of hydrogen-bond acceptors (Lipinski definition) is 5. The third-order valence-electron chi connectivity index (χ3n) is 14.0. The molecule has 11 aromatic carbocycles. The van der Waals surface area contributed by atoms with E-state index < -0.39 is 0 Å². The standard InChI is InChI=1S/C63H36N4OS/c1-2-13-37(14-3-1)38-25-27-41(28-26-38)61-64-62(66-63(65-61)50-23-12-22-47-46-21-10-11-24-55(46)69-60(47)50)49-32-31-48-57-45-20-9-7-16-40(45)30-34-54(57)68-59(48)58(49)67-52-33-29-39-15-6-8-19-44(39)56(52)51-35-42-17-4-5-18-43(42)36-53(51)67/h1-36H. The Balaban J connectivity index is 1.08. The van der Waals surface area contributed by atoms with E-state index in [9.17, 15) is 0 Å². The van der Waals surface area contributed by atoms with E-state index >= 15 is 0 Å². The summed E-state index contributed by atoms with van der Waals surface area (Å²) in [6.45, 7) is 0. The smallest absolute Gasteiger partial charge is 0.166 e. The van der Waals surface area contributed by atoms with Gasteiger partial charge in [-0.1, -0.05) is 170 Å². The highest BCUT2D eigenvalue weighted by molar-refractivity contribution is 7.26. The van der Waals surface area contributed by atoms with Crippen molar-refractivity contribution >= 4 is 108 Å². The van der Waals surface area contributed by atoms with E-state index in [4.69, 9.17) is 19.4 Å². The molecule has 6 heteroatoms. The average Bonchev–Trinajstić information content (AvgIpc) is 4.10. The zero-order chi connectivity index (χ0) is 45.2. The molecular weight excluding hydrogens is 861 g/mol.